The molecule has 1 aliphatic heterocycles. The van der Waals surface area contributed by atoms with Crippen LogP contribution < -0.4 is 0 Å². The number of alkyl halides is 1. The Morgan fingerprint density at radius 2 is 1.57 bits per heavy atom. The first kappa shape index (κ1) is 16.6. The zero-order chi connectivity index (χ0) is 16.3. The second-order valence-electron chi connectivity index (χ2n) is 5.57. The summed E-state index contributed by atoms with van der Waals surface area (Å²) < 4.78 is 26.9. The molecule has 0 spiro atoms. The molecule has 1 saturated heterocycles. The first-order valence-electron chi connectivity index (χ1n) is 7.54. The van der Waals surface area contributed by atoms with Crippen LogP contribution in [0.5, 0.6) is 0 Å². The molecule has 0 N–H and O–H groups in total. The Morgan fingerprint density at radius 3 is 2.17 bits per heavy atom. The van der Waals surface area contributed by atoms with E-state index in [0.717, 1.165) is 6.54 Å². The Labute approximate surface area is 145 Å². The minimum atomic E-state index is -3.41. The number of rotatable bonds is 4. The van der Waals surface area contributed by atoms with E-state index in [1.165, 1.54) is 5.56 Å². The third-order valence-corrected chi connectivity index (χ3v) is 6.74. The summed E-state index contributed by atoms with van der Waals surface area (Å²) in [6.45, 7) is 2.48. The Balaban J connectivity index is 1.69. The van der Waals surface area contributed by atoms with Crippen LogP contribution in [0.4, 0.5) is 0 Å². The van der Waals surface area contributed by atoms with Gasteiger partial charge in [0.15, 0.2) is 0 Å². The predicted octanol–water partition coefficient (Wildman–Crippen LogP) is 2.91. The minimum Gasteiger partial charge on any atom is -0.284 e. The van der Waals surface area contributed by atoms with Crippen LogP contribution in [0.2, 0.25) is 0 Å². The van der Waals surface area contributed by atoms with Crippen molar-refractivity contribution in [2.75, 3.05) is 19.6 Å². The molecule has 1 heterocycles. The molecule has 1 atom stereocenters. The summed E-state index contributed by atoms with van der Waals surface area (Å²) in [5, 5.41) is 0. The van der Waals surface area contributed by atoms with Crippen LogP contribution in [0.3, 0.4) is 0 Å². The van der Waals surface area contributed by atoms with Crippen LogP contribution in [0, 0.1) is 0 Å². The Morgan fingerprint density at radius 1 is 0.957 bits per heavy atom. The van der Waals surface area contributed by atoms with Gasteiger partial charge in [-0.15, -0.1) is 0 Å². The highest BCUT2D eigenvalue weighted by Crippen LogP contribution is 2.23. The van der Waals surface area contributed by atoms with Gasteiger partial charge in [-0.2, -0.15) is 4.31 Å². The second-order valence-corrected chi connectivity index (χ2v) is 8.56. The number of hydrogen-bond acceptors (Lipinski definition) is 3. The molecule has 0 saturated carbocycles. The van der Waals surface area contributed by atoms with Crippen LogP contribution >= 0.6 is 15.9 Å². The Hall–Kier alpha value is -1.21. The van der Waals surface area contributed by atoms with Crippen molar-refractivity contribution in [2.45, 2.75) is 16.4 Å². The van der Waals surface area contributed by atoms with Crippen molar-refractivity contribution >= 4 is 26.0 Å². The molecule has 6 heteroatoms. The topological polar surface area (TPSA) is 40.6 Å². The van der Waals surface area contributed by atoms with Crippen molar-refractivity contribution < 1.29 is 8.42 Å². The van der Waals surface area contributed by atoms with Crippen LogP contribution in [-0.2, 0) is 16.6 Å². The van der Waals surface area contributed by atoms with Crippen molar-refractivity contribution in [1.82, 2.24) is 9.21 Å². The van der Waals surface area contributed by atoms with E-state index in [2.05, 4.69) is 33.0 Å². The molecule has 1 fully saturated rings. The highest BCUT2D eigenvalue weighted by atomic mass is 79.9. The summed E-state index contributed by atoms with van der Waals surface area (Å²) in [6, 6.07) is 18.9. The van der Waals surface area contributed by atoms with Crippen LogP contribution in [0.25, 0.3) is 0 Å². The lowest BCUT2D eigenvalue weighted by Gasteiger charge is -2.38. The van der Waals surface area contributed by atoms with E-state index in [-0.39, 0.29) is 4.95 Å². The van der Waals surface area contributed by atoms with Gasteiger partial charge in [-0.3, -0.25) is 4.90 Å². The summed E-state index contributed by atoms with van der Waals surface area (Å²) in [7, 11) is -3.41. The summed E-state index contributed by atoms with van der Waals surface area (Å²) in [5.41, 5.74) is 1.23. The summed E-state index contributed by atoms with van der Waals surface area (Å²) in [6.07, 6.45) is 0. The zero-order valence-corrected chi connectivity index (χ0v) is 15.1. The van der Waals surface area contributed by atoms with Gasteiger partial charge in [0, 0.05) is 26.2 Å². The third-order valence-electron chi connectivity index (χ3n) is 4.00. The second kappa shape index (κ2) is 7.13. The zero-order valence-electron chi connectivity index (χ0n) is 12.7. The van der Waals surface area contributed by atoms with E-state index < -0.39 is 10.0 Å². The monoisotopic (exact) mass is 394 g/mol. The van der Waals surface area contributed by atoms with Gasteiger partial charge in [-0.05, 0) is 17.7 Å². The van der Waals surface area contributed by atoms with Gasteiger partial charge in [0.2, 0.25) is 10.0 Å². The van der Waals surface area contributed by atoms with E-state index in [9.17, 15) is 8.42 Å². The van der Waals surface area contributed by atoms with Crippen molar-refractivity contribution in [3.05, 3.63) is 66.2 Å². The maximum atomic E-state index is 12.7. The highest BCUT2D eigenvalue weighted by molar-refractivity contribution is 9.09. The normalized spacial score (nSPS) is 20.5. The molecule has 0 unspecified atom stereocenters. The lowest BCUT2D eigenvalue weighted by atomic mass is 10.2. The van der Waals surface area contributed by atoms with Crippen LogP contribution in [-0.4, -0.2) is 42.2 Å². The van der Waals surface area contributed by atoms with Gasteiger partial charge >= 0.3 is 0 Å². The van der Waals surface area contributed by atoms with E-state index in [4.69, 9.17) is 0 Å². The lowest BCUT2D eigenvalue weighted by molar-refractivity contribution is 0.165. The highest BCUT2D eigenvalue weighted by Gasteiger charge is 2.32. The van der Waals surface area contributed by atoms with E-state index in [0.29, 0.717) is 24.5 Å². The smallest absolute Gasteiger partial charge is 0.243 e. The van der Waals surface area contributed by atoms with E-state index in [1.807, 2.05) is 24.3 Å². The Bertz CT molecular complexity index is 738. The largest absolute Gasteiger partial charge is 0.284 e. The molecular weight excluding hydrogens is 376 g/mol. The molecule has 1 aliphatic rings. The van der Waals surface area contributed by atoms with Crippen molar-refractivity contribution in [2.24, 2.45) is 0 Å². The molecule has 4 nitrogen and oxygen atoms in total. The fraction of sp³-hybridized carbons (Fsp3) is 0.294. The molecule has 0 bridgehead atoms. The van der Waals surface area contributed by atoms with Gasteiger partial charge in [0.1, 0.15) is 0 Å². The average Bonchev–Trinajstić information content (AvgIpc) is 2.58. The quantitative estimate of drug-likeness (QED) is 0.591. The summed E-state index contributed by atoms with van der Waals surface area (Å²) >= 11 is 3.64. The maximum Gasteiger partial charge on any atom is 0.243 e. The van der Waals surface area contributed by atoms with E-state index in [1.54, 1.807) is 28.6 Å². The number of benzene rings is 2. The fourth-order valence-corrected chi connectivity index (χ4v) is 5.06. The SMILES string of the molecule is O=S(=O)(c1ccccc1)N1CCN(Cc2ccccc2)[C@@H](Br)C1. The first-order valence-corrected chi connectivity index (χ1v) is 9.90. The number of hydrogen-bond donors (Lipinski definition) is 0. The number of halogens is 1. The first-order chi connectivity index (χ1) is 11.1. The molecule has 0 aliphatic carbocycles. The fourth-order valence-electron chi connectivity index (χ4n) is 2.71. The van der Waals surface area contributed by atoms with Crippen molar-refractivity contribution in [3.63, 3.8) is 0 Å². The Kier molecular flexibility index (Phi) is 5.16. The molecule has 2 aromatic carbocycles. The molecule has 0 amide bonds. The lowest BCUT2D eigenvalue weighted by Crippen LogP contribution is -2.51. The number of nitrogens with zero attached hydrogens (tertiary/aromatic N) is 2. The molecule has 23 heavy (non-hydrogen) atoms. The van der Waals surface area contributed by atoms with E-state index >= 15 is 0 Å². The molecule has 122 valence electrons. The van der Waals surface area contributed by atoms with Gasteiger partial charge in [-0.1, -0.05) is 64.5 Å². The average molecular weight is 395 g/mol. The molecule has 0 aromatic heterocycles. The van der Waals surface area contributed by atoms with Gasteiger partial charge in [0.05, 0.1) is 9.85 Å². The number of piperazine rings is 1. The summed E-state index contributed by atoms with van der Waals surface area (Å²) in [4.78, 5) is 2.62. The van der Waals surface area contributed by atoms with Gasteiger partial charge in [-0.25, -0.2) is 8.42 Å². The van der Waals surface area contributed by atoms with Crippen molar-refractivity contribution in [1.29, 1.82) is 0 Å². The molecular formula is C17H19BrN2O2S. The van der Waals surface area contributed by atoms with Gasteiger partial charge in [0.25, 0.3) is 0 Å². The summed E-state index contributed by atoms with van der Waals surface area (Å²) in [5.74, 6) is 0. The standard InChI is InChI=1S/C17H19BrN2O2S/c18-17-14-20(23(21,22)16-9-5-2-6-10-16)12-11-19(17)13-15-7-3-1-4-8-15/h1-10,17H,11-14H2/t17-/m1/s1. The van der Waals surface area contributed by atoms with Crippen molar-refractivity contribution in [3.8, 4) is 0 Å². The third kappa shape index (κ3) is 3.83. The predicted molar refractivity (Wildman–Crippen MR) is 94.8 cm³/mol. The van der Waals surface area contributed by atoms with Gasteiger partial charge < -0.3 is 0 Å². The molecule has 0 radical (unpaired) electrons. The van der Waals surface area contributed by atoms with Crippen LogP contribution in [0.15, 0.2) is 65.6 Å². The minimum absolute atomic E-state index is 0.00921. The van der Waals surface area contributed by atoms with Crippen LogP contribution in [0.1, 0.15) is 5.56 Å². The molecule has 2 aromatic rings. The molecule has 3 rings (SSSR count). The number of sulfonamides is 1. The maximum absolute atomic E-state index is 12.7.